The van der Waals surface area contributed by atoms with Gasteiger partial charge in [0, 0.05) is 0 Å². The minimum Gasteiger partial charge on any atom is -1.00 e. The lowest BCUT2D eigenvalue weighted by molar-refractivity contribution is -0.369. The van der Waals surface area contributed by atoms with Gasteiger partial charge in [-0.3, -0.25) is 9.59 Å². The van der Waals surface area contributed by atoms with E-state index in [9.17, 15) is 9.59 Å². The van der Waals surface area contributed by atoms with Gasteiger partial charge in [0.25, 0.3) is 0 Å². The van der Waals surface area contributed by atoms with Crippen LogP contribution < -0.4 is 41.1 Å². The van der Waals surface area contributed by atoms with Gasteiger partial charge in [0.2, 0.25) is 0 Å². The average Bonchev–Trinajstić information content (AvgIpc) is 3.22. The Morgan fingerprint density at radius 3 is 1.29 bits per heavy atom. The summed E-state index contributed by atoms with van der Waals surface area (Å²) in [6.07, 6.45) is 47.1. The third kappa shape index (κ3) is 38.5. The van der Waals surface area contributed by atoms with Crippen LogP contribution in [0.15, 0.2) is 154 Å². The Bertz CT molecular complexity index is 1700. The Kier molecular flexibility index (Phi) is 42.7. The predicted octanol–water partition coefficient (Wildman–Crippen LogP) is 5.57. The quantitative estimate of drug-likeness (QED) is 0.0277. The molecule has 0 aliphatic carbocycles. The topological polar surface area (TPSA) is 120 Å². The molecule has 0 saturated heterocycles. The fourth-order valence-electron chi connectivity index (χ4n) is 5.55. The molecule has 354 valence electrons. The van der Waals surface area contributed by atoms with Crippen molar-refractivity contribution in [1.29, 1.82) is 0 Å². The lowest BCUT2D eigenvalue weighted by Crippen LogP contribution is -3.00. The molecule has 0 aromatic carbocycles. The molecule has 0 fully saturated rings. The van der Waals surface area contributed by atoms with Crippen LogP contribution in [0.5, 0.6) is 0 Å². The van der Waals surface area contributed by atoms with E-state index in [2.05, 4.69) is 167 Å². The first-order chi connectivity index (χ1) is 29.2. The van der Waals surface area contributed by atoms with Crippen molar-refractivity contribution in [3.05, 3.63) is 154 Å². The van der Waals surface area contributed by atoms with Crippen LogP contribution in [0.3, 0.4) is 0 Å². The molecule has 0 rings (SSSR count). The van der Waals surface area contributed by atoms with E-state index in [-0.39, 0.29) is 49.3 Å². The Balaban J connectivity index is -0.0000180. The minimum atomic E-state index is -0.483. The monoisotopic (exact) mass is 930 g/mol. The first-order valence-electron chi connectivity index (χ1n) is 22.2. The van der Waals surface area contributed by atoms with E-state index < -0.39 is 6.04 Å². The third-order valence-electron chi connectivity index (χ3n) is 9.64. The molecule has 0 bridgehead atoms. The van der Waals surface area contributed by atoms with E-state index in [1.165, 1.54) is 33.4 Å². The van der Waals surface area contributed by atoms with Crippen LogP contribution in [-0.2, 0) is 19.1 Å². The van der Waals surface area contributed by atoms with Gasteiger partial charge < -0.3 is 45.8 Å². The Hall–Kier alpha value is -3.69. The zero-order valence-electron chi connectivity index (χ0n) is 40.1. The second kappa shape index (κ2) is 42.3. The summed E-state index contributed by atoms with van der Waals surface area (Å²) in [6.45, 7) is 21.0. The first-order valence-corrected chi connectivity index (χ1v) is 22.6. The maximum Gasteiger partial charge on any atom is 0.324 e. The number of allylic oxidation sites excluding steroid dienone is 24. The van der Waals surface area contributed by atoms with Gasteiger partial charge in [-0.25, -0.2) is 4.84 Å². The molecule has 7 N–H and O–H groups in total. The SMILES string of the molecule is CC(/C=C/C=C(C)/C=C/C=C(\C)CC/C=C(\C)COC(=O)C(C)CCCC[NH3+])=C\C=C\C=C(C)\C=C\C=C(C)\C=C\C=C(/C)CC/C=C(\C)COC(=O)C(CCCC[NH3+])NCl.[Cl-].[Cl-]. The summed E-state index contributed by atoms with van der Waals surface area (Å²) in [7, 11) is 0. The number of unbranched alkanes of at least 4 members (excludes halogenated alkanes) is 2. The lowest BCUT2D eigenvalue weighted by atomic mass is 10.0. The molecule has 0 radical (unpaired) electrons. The van der Waals surface area contributed by atoms with Crippen LogP contribution >= 0.6 is 11.8 Å². The number of hydrogen-bond acceptors (Lipinski definition) is 5. The molecular weight excluding hydrogens is 849 g/mol. The zero-order valence-corrected chi connectivity index (χ0v) is 42.4. The van der Waals surface area contributed by atoms with Crippen LogP contribution in [-0.4, -0.2) is 44.3 Å². The van der Waals surface area contributed by atoms with Gasteiger partial charge in [0.15, 0.2) is 0 Å². The number of ether oxygens (including phenoxy) is 2. The number of nitrogens with one attached hydrogen (secondary N) is 1. The van der Waals surface area contributed by atoms with Gasteiger partial charge in [-0.05, 0) is 143 Å². The number of halogens is 3. The summed E-state index contributed by atoms with van der Waals surface area (Å²) in [5.41, 5.74) is 17.1. The minimum absolute atomic E-state index is 0. The summed E-state index contributed by atoms with van der Waals surface area (Å²) in [5.74, 6) is -0.468. The van der Waals surface area contributed by atoms with Gasteiger partial charge in [-0.15, -0.1) is 0 Å². The number of quaternary nitrogens is 2. The van der Waals surface area contributed by atoms with Gasteiger partial charge in [0.1, 0.15) is 19.3 Å². The molecule has 2 unspecified atom stereocenters. The van der Waals surface area contributed by atoms with Crippen molar-refractivity contribution in [2.45, 2.75) is 133 Å². The molecule has 0 aliphatic heterocycles. The molecule has 0 aromatic heterocycles. The molecule has 0 saturated carbocycles. The normalized spacial score (nSPS) is 15.2. The second-order valence-electron chi connectivity index (χ2n) is 16.1. The number of hydrogen-bond donors (Lipinski definition) is 3. The highest BCUT2D eigenvalue weighted by Crippen LogP contribution is 2.13. The summed E-state index contributed by atoms with van der Waals surface area (Å²) in [6, 6.07) is -0.483. The van der Waals surface area contributed by atoms with E-state index in [1.807, 2.05) is 20.8 Å². The maximum absolute atomic E-state index is 12.3. The molecule has 0 aromatic rings. The van der Waals surface area contributed by atoms with Crippen LogP contribution in [0.4, 0.5) is 0 Å². The summed E-state index contributed by atoms with van der Waals surface area (Å²) < 4.78 is 10.9. The van der Waals surface area contributed by atoms with Crippen LogP contribution in [0.25, 0.3) is 0 Å². The summed E-state index contributed by atoms with van der Waals surface area (Å²) in [5, 5.41) is 0. The largest absolute Gasteiger partial charge is 1.00 e. The van der Waals surface area contributed by atoms with E-state index in [1.54, 1.807) is 0 Å². The van der Waals surface area contributed by atoms with Gasteiger partial charge in [0.05, 0.1) is 19.0 Å². The van der Waals surface area contributed by atoms with E-state index in [4.69, 9.17) is 21.3 Å². The molecular formula is C53H82Cl3N3O4. The highest BCUT2D eigenvalue weighted by molar-refractivity contribution is 6.14. The van der Waals surface area contributed by atoms with E-state index in [0.29, 0.717) is 13.0 Å². The molecule has 0 heterocycles. The maximum atomic E-state index is 12.3. The number of rotatable bonds is 31. The summed E-state index contributed by atoms with van der Waals surface area (Å²) >= 11 is 5.74. The fraction of sp³-hybridized carbons (Fsp3) is 0.472. The van der Waals surface area contributed by atoms with Gasteiger partial charge >= 0.3 is 11.9 Å². The van der Waals surface area contributed by atoms with Gasteiger partial charge in [-0.1, -0.05) is 150 Å². The zero-order chi connectivity index (χ0) is 45.7. The van der Waals surface area contributed by atoms with Crippen LogP contribution in [0, 0.1) is 5.92 Å². The first kappa shape index (κ1) is 63.6. The predicted molar refractivity (Wildman–Crippen MR) is 261 cm³/mol. The lowest BCUT2D eigenvalue weighted by Gasteiger charge is -2.13. The van der Waals surface area contributed by atoms with E-state index in [0.717, 1.165) is 82.0 Å². The standard InChI is InChI=1S/C53H80ClN3O4.2ClH/c1-42(24-16-26-44(3)28-18-30-46(5)32-20-34-48(7)40-60-52(58)50(9)36-12-14-38-55)22-10-11-23-43(2)25-17-27-45(4)29-19-31-47(6)33-21-35-49(8)41-61-53(59)51(57-54)37-13-15-39-56;;/h10-11,16-19,22-31,34-35,50-51,57H,12-15,20-21,32-33,36-41,55-56H2,1-9H3;2*1H/b11-10+,24-16+,25-17+,28-18+,29-19+,42-22+,43-23+,44-26+,45-27+,46-30+,47-31+,48-34+,49-35+;;. The number of carbonyl (C=O) groups excluding carboxylic acids is 2. The summed E-state index contributed by atoms with van der Waals surface area (Å²) in [4.78, 5) is 27.0. The van der Waals surface area contributed by atoms with Crippen LogP contribution in [0.2, 0.25) is 0 Å². The van der Waals surface area contributed by atoms with Crippen molar-refractivity contribution in [2.24, 2.45) is 5.92 Å². The number of esters is 2. The Morgan fingerprint density at radius 2 is 0.889 bits per heavy atom. The fourth-order valence-corrected chi connectivity index (χ4v) is 5.74. The third-order valence-corrected chi connectivity index (χ3v) is 9.90. The smallest absolute Gasteiger partial charge is 0.324 e. The van der Waals surface area contributed by atoms with Crippen molar-refractivity contribution >= 4 is 23.7 Å². The highest BCUT2D eigenvalue weighted by Gasteiger charge is 2.18. The number of carbonyl (C=O) groups is 2. The van der Waals surface area contributed by atoms with Crippen molar-refractivity contribution in [3.63, 3.8) is 0 Å². The van der Waals surface area contributed by atoms with Crippen molar-refractivity contribution in [1.82, 2.24) is 4.84 Å². The molecule has 0 spiro atoms. The highest BCUT2D eigenvalue weighted by atomic mass is 35.5. The molecule has 10 heteroatoms. The Morgan fingerprint density at radius 1 is 0.524 bits per heavy atom. The molecule has 2 atom stereocenters. The molecule has 0 amide bonds. The second-order valence-corrected chi connectivity index (χ2v) is 16.4. The Labute approximate surface area is 400 Å². The molecule has 63 heavy (non-hydrogen) atoms. The van der Waals surface area contributed by atoms with Gasteiger partial charge in [-0.2, -0.15) is 0 Å². The average molecular weight is 932 g/mol. The van der Waals surface area contributed by atoms with E-state index >= 15 is 0 Å². The van der Waals surface area contributed by atoms with Crippen LogP contribution in [0.1, 0.15) is 127 Å². The van der Waals surface area contributed by atoms with Crippen molar-refractivity contribution < 1.29 is 55.3 Å². The molecule has 7 nitrogen and oxygen atoms in total. The van der Waals surface area contributed by atoms with Crippen molar-refractivity contribution in [3.8, 4) is 0 Å². The molecule has 0 aliphatic rings. The van der Waals surface area contributed by atoms with Crippen molar-refractivity contribution in [2.75, 3.05) is 26.3 Å².